The van der Waals surface area contributed by atoms with Gasteiger partial charge in [0.25, 0.3) is 5.91 Å². The molecule has 1 aliphatic heterocycles. The van der Waals surface area contributed by atoms with Crippen LogP contribution in [0.2, 0.25) is 0 Å². The second-order valence-electron chi connectivity index (χ2n) is 6.83. The number of carbonyl (C=O) groups excluding carboxylic acids is 1. The van der Waals surface area contributed by atoms with Gasteiger partial charge < -0.3 is 10.1 Å². The monoisotopic (exact) mass is 681 g/mol. The van der Waals surface area contributed by atoms with E-state index in [-0.39, 0.29) is 18.3 Å². The SMILES string of the molecule is N#Cc1ccccc1COc1c(I)cc(/C=C2/SC(=Nc3ccc(F)cc3)NC2=O)cc1I. The lowest BCUT2D eigenvalue weighted by Crippen LogP contribution is -2.19. The van der Waals surface area contributed by atoms with Gasteiger partial charge in [-0.25, -0.2) is 9.38 Å². The Bertz CT molecular complexity index is 1310. The molecule has 1 saturated heterocycles. The Kier molecular flexibility index (Phi) is 7.67. The van der Waals surface area contributed by atoms with E-state index in [1.165, 1.54) is 23.9 Å². The maximum absolute atomic E-state index is 13.1. The van der Waals surface area contributed by atoms with Crippen molar-refractivity contribution in [3.05, 3.63) is 95.2 Å². The number of ether oxygens (including phenoxy) is 1. The molecule has 1 amide bonds. The van der Waals surface area contributed by atoms with Gasteiger partial charge in [-0.3, -0.25) is 4.79 Å². The third-order valence-corrected chi connectivity index (χ3v) is 7.05. The number of thioether (sulfide) groups is 1. The van der Waals surface area contributed by atoms with Gasteiger partial charge >= 0.3 is 0 Å². The van der Waals surface area contributed by atoms with Gasteiger partial charge in [-0.1, -0.05) is 18.2 Å². The molecular formula is C24H14FI2N3O2S. The van der Waals surface area contributed by atoms with Gasteiger partial charge in [-0.2, -0.15) is 5.26 Å². The van der Waals surface area contributed by atoms with Crippen LogP contribution >= 0.6 is 56.9 Å². The molecule has 0 aromatic heterocycles. The minimum atomic E-state index is -0.339. The van der Waals surface area contributed by atoms with E-state index in [9.17, 15) is 14.4 Å². The maximum Gasteiger partial charge on any atom is 0.264 e. The van der Waals surface area contributed by atoms with E-state index < -0.39 is 0 Å². The van der Waals surface area contributed by atoms with E-state index in [4.69, 9.17) is 4.74 Å². The van der Waals surface area contributed by atoms with Crippen LogP contribution in [0.4, 0.5) is 10.1 Å². The Morgan fingerprint density at radius 1 is 1.12 bits per heavy atom. The quantitative estimate of drug-likeness (QED) is 0.251. The zero-order valence-electron chi connectivity index (χ0n) is 16.8. The molecule has 0 radical (unpaired) electrons. The van der Waals surface area contributed by atoms with Crippen LogP contribution in [0, 0.1) is 24.3 Å². The number of hydrogen-bond donors (Lipinski definition) is 1. The number of amidine groups is 1. The van der Waals surface area contributed by atoms with Gasteiger partial charge in [0.1, 0.15) is 18.2 Å². The lowest BCUT2D eigenvalue weighted by atomic mass is 10.1. The minimum Gasteiger partial charge on any atom is -0.487 e. The number of nitriles is 1. The summed E-state index contributed by atoms with van der Waals surface area (Å²) in [4.78, 5) is 17.3. The van der Waals surface area contributed by atoms with Crippen LogP contribution in [0.5, 0.6) is 5.75 Å². The number of nitrogens with one attached hydrogen (secondary N) is 1. The molecule has 4 rings (SSSR count). The fourth-order valence-electron chi connectivity index (χ4n) is 2.97. The van der Waals surface area contributed by atoms with E-state index in [1.807, 2.05) is 30.3 Å². The highest BCUT2D eigenvalue weighted by atomic mass is 127. The van der Waals surface area contributed by atoms with Crippen LogP contribution in [0.3, 0.4) is 0 Å². The Morgan fingerprint density at radius 2 is 1.82 bits per heavy atom. The number of nitrogens with zero attached hydrogens (tertiary/aromatic N) is 2. The van der Waals surface area contributed by atoms with Crippen molar-refractivity contribution in [1.29, 1.82) is 5.26 Å². The molecule has 9 heteroatoms. The third-order valence-electron chi connectivity index (χ3n) is 4.54. The van der Waals surface area contributed by atoms with Crippen LogP contribution in [-0.4, -0.2) is 11.1 Å². The fourth-order valence-corrected chi connectivity index (χ4v) is 5.94. The first-order chi connectivity index (χ1) is 15.9. The predicted molar refractivity (Wildman–Crippen MR) is 145 cm³/mol. The summed E-state index contributed by atoms with van der Waals surface area (Å²) in [7, 11) is 0. The van der Waals surface area contributed by atoms with E-state index in [2.05, 4.69) is 61.6 Å². The zero-order valence-corrected chi connectivity index (χ0v) is 21.9. The molecular weight excluding hydrogens is 667 g/mol. The molecule has 0 unspecified atom stereocenters. The average Bonchev–Trinajstić information content (AvgIpc) is 3.13. The summed E-state index contributed by atoms with van der Waals surface area (Å²) in [6.45, 7) is 0.289. The normalized spacial score (nSPS) is 15.5. The van der Waals surface area contributed by atoms with Crippen molar-refractivity contribution in [2.24, 2.45) is 4.99 Å². The smallest absolute Gasteiger partial charge is 0.264 e. The number of rotatable bonds is 5. The zero-order chi connectivity index (χ0) is 23.4. The van der Waals surface area contributed by atoms with E-state index in [1.54, 1.807) is 24.3 Å². The van der Waals surface area contributed by atoms with Gasteiger partial charge in [-0.15, -0.1) is 0 Å². The molecule has 33 heavy (non-hydrogen) atoms. The largest absolute Gasteiger partial charge is 0.487 e. The number of aliphatic imine (C=N–C) groups is 1. The molecule has 0 bridgehead atoms. The van der Waals surface area contributed by atoms with E-state index >= 15 is 0 Å². The van der Waals surface area contributed by atoms with Gasteiger partial charge in [0, 0.05) is 5.56 Å². The molecule has 164 valence electrons. The van der Waals surface area contributed by atoms with Crippen LogP contribution in [0.25, 0.3) is 6.08 Å². The Morgan fingerprint density at radius 3 is 2.52 bits per heavy atom. The first kappa shape index (κ1) is 23.7. The van der Waals surface area contributed by atoms with Crippen molar-refractivity contribution >= 4 is 79.8 Å². The molecule has 1 aliphatic rings. The second-order valence-corrected chi connectivity index (χ2v) is 10.2. The highest BCUT2D eigenvalue weighted by molar-refractivity contribution is 14.1. The standard InChI is InChI=1S/C24H14FI2N3O2S/c25-17-5-7-18(8-6-17)29-24-30-23(31)21(33-24)11-14-9-19(26)22(20(27)10-14)32-13-16-4-2-1-3-15(16)12-28/h1-11H,13H2,(H,29,30,31)/b21-11+. The molecule has 3 aromatic carbocycles. The molecule has 3 aromatic rings. The van der Waals surface area contributed by atoms with E-state index in [0.29, 0.717) is 21.3 Å². The van der Waals surface area contributed by atoms with Crippen LogP contribution < -0.4 is 10.1 Å². The molecule has 0 atom stereocenters. The number of amides is 1. The molecule has 1 heterocycles. The van der Waals surface area contributed by atoms with Crippen LogP contribution in [0.15, 0.2) is 70.6 Å². The van der Waals surface area contributed by atoms with Crippen LogP contribution in [0.1, 0.15) is 16.7 Å². The predicted octanol–water partition coefficient (Wildman–Crippen LogP) is 6.38. The van der Waals surface area contributed by atoms with E-state index in [0.717, 1.165) is 24.0 Å². The number of halogens is 3. The lowest BCUT2D eigenvalue weighted by molar-refractivity contribution is -0.115. The highest BCUT2D eigenvalue weighted by Crippen LogP contribution is 2.33. The molecule has 0 aliphatic carbocycles. The summed E-state index contributed by atoms with van der Waals surface area (Å²) in [5, 5.41) is 12.4. The van der Waals surface area contributed by atoms with Gasteiger partial charge in [-0.05, 0) is 111 Å². The summed E-state index contributed by atoms with van der Waals surface area (Å²) in [5.74, 6) is 0.154. The lowest BCUT2D eigenvalue weighted by Gasteiger charge is -2.12. The van der Waals surface area contributed by atoms with Crippen molar-refractivity contribution in [3.63, 3.8) is 0 Å². The first-order valence-electron chi connectivity index (χ1n) is 9.58. The fraction of sp³-hybridized carbons (Fsp3) is 0.0417. The Labute approximate surface area is 221 Å². The molecule has 1 fully saturated rings. The van der Waals surface area contributed by atoms with Gasteiger partial charge in [0.15, 0.2) is 5.17 Å². The molecule has 0 spiro atoms. The molecule has 0 saturated carbocycles. The minimum absolute atomic E-state index is 0.237. The summed E-state index contributed by atoms with van der Waals surface area (Å²) in [5.41, 5.74) is 2.83. The molecule has 5 nitrogen and oxygen atoms in total. The van der Waals surface area contributed by atoms with Crippen LogP contribution in [-0.2, 0) is 11.4 Å². The third kappa shape index (κ3) is 5.93. The van der Waals surface area contributed by atoms with Crippen molar-refractivity contribution in [3.8, 4) is 11.8 Å². The maximum atomic E-state index is 13.1. The van der Waals surface area contributed by atoms with Gasteiger partial charge in [0.2, 0.25) is 0 Å². The molecule has 1 N–H and O–H groups in total. The van der Waals surface area contributed by atoms with Crippen molar-refractivity contribution in [2.45, 2.75) is 6.61 Å². The Balaban J connectivity index is 1.51. The summed E-state index contributed by atoms with van der Waals surface area (Å²) < 4.78 is 20.9. The first-order valence-corrected chi connectivity index (χ1v) is 12.6. The topological polar surface area (TPSA) is 74.5 Å². The van der Waals surface area contributed by atoms with Crippen molar-refractivity contribution in [1.82, 2.24) is 5.32 Å². The number of benzene rings is 3. The number of hydrogen-bond acceptors (Lipinski definition) is 5. The summed E-state index contributed by atoms with van der Waals surface area (Å²) in [6.07, 6.45) is 1.80. The highest BCUT2D eigenvalue weighted by Gasteiger charge is 2.24. The average molecular weight is 681 g/mol. The van der Waals surface area contributed by atoms with Gasteiger partial charge in [0.05, 0.1) is 29.4 Å². The van der Waals surface area contributed by atoms with Crippen molar-refractivity contribution in [2.75, 3.05) is 0 Å². The second kappa shape index (κ2) is 10.7. The summed E-state index contributed by atoms with van der Waals surface area (Å²) in [6, 6.07) is 19.1. The summed E-state index contributed by atoms with van der Waals surface area (Å²) >= 11 is 5.63. The van der Waals surface area contributed by atoms with Crippen molar-refractivity contribution < 1.29 is 13.9 Å². The Hall–Kier alpha value is -2.43. The number of carbonyl (C=O) groups is 1.